The van der Waals surface area contributed by atoms with E-state index < -0.39 is 0 Å². The lowest BCUT2D eigenvalue weighted by atomic mass is 10.2. The number of hydrogen-bond acceptors (Lipinski definition) is 3. The first-order chi connectivity index (χ1) is 7.83. The first-order valence-electron chi connectivity index (χ1n) is 5.74. The summed E-state index contributed by atoms with van der Waals surface area (Å²) in [5.41, 5.74) is 2.19. The van der Waals surface area contributed by atoms with E-state index in [2.05, 4.69) is 38.3 Å². The van der Waals surface area contributed by atoms with Crippen molar-refractivity contribution in [2.24, 2.45) is 0 Å². The van der Waals surface area contributed by atoms with Crippen molar-refractivity contribution in [3.8, 4) is 0 Å². The summed E-state index contributed by atoms with van der Waals surface area (Å²) in [6.07, 6.45) is 5.28. The quantitative estimate of drug-likeness (QED) is 0.891. The minimum absolute atomic E-state index is 0. The predicted molar refractivity (Wildman–Crippen MR) is 79.3 cm³/mol. The monoisotopic (exact) mass is 288 g/mol. The van der Waals surface area contributed by atoms with Crippen LogP contribution < -0.4 is 10.6 Å². The standard InChI is InChI=1S/C12H16N4.2ClH/c1-9-8-16-6-2-3-11(16)12(14-9)15-10-4-5-13-7-10;;/h2-3,6,8,10,13H,4-5,7H2,1H3,(H,14,15);2*1H. The summed E-state index contributed by atoms with van der Waals surface area (Å²) in [4.78, 5) is 4.58. The zero-order valence-corrected chi connectivity index (χ0v) is 11.9. The molecule has 0 saturated carbocycles. The Morgan fingerprint density at radius 3 is 3.00 bits per heavy atom. The minimum Gasteiger partial charge on any atom is -0.364 e. The molecule has 1 unspecified atom stereocenters. The number of fused-ring (bicyclic) bond motifs is 1. The molecule has 0 spiro atoms. The van der Waals surface area contributed by atoms with E-state index in [4.69, 9.17) is 0 Å². The van der Waals surface area contributed by atoms with E-state index >= 15 is 0 Å². The Bertz CT molecular complexity index is 506. The van der Waals surface area contributed by atoms with Gasteiger partial charge >= 0.3 is 0 Å². The molecule has 6 heteroatoms. The van der Waals surface area contributed by atoms with E-state index in [-0.39, 0.29) is 24.8 Å². The Morgan fingerprint density at radius 1 is 1.44 bits per heavy atom. The topological polar surface area (TPSA) is 41.4 Å². The summed E-state index contributed by atoms with van der Waals surface area (Å²) in [6.45, 7) is 4.15. The van der Waals surface area contributed by atoms with E-state index in [9.17, 15) is 0 Å². The van der Waals surface area contributed by atoms with E-state index in [0.717, 1.165) is 30.1 Å². The molecule has 4 nitrogen and oxygen atoms in total. The highest BCUT2D eigenvalue weighted by atomic mass is 35.5. The number of nitrogens with one attached hydrogen (secondary N) is 2. The van der Waals surface area contributed by atoms with Crippen LogP contribution in [-0.4, -0.2) is 28.5 Å². The van der Waals surface area contributed by atoms with Crippen LogP contribution in [0.25, 0.3) is 5.52 Å². The van der Waals surface area contributed by atoms with Gasteiger partial charge in [0.15, 0.2) is 5.82 Å². The highest BCUT2D eigenvalue weighted by Gasteiger charge is 2.15. The largest absolute Gasteiger partial charge is 0.364 e. The van der Waals surface area contributed by atoms with Gasteiger partial charge in [0.1, 0.15) is 0 Å². The summed E-state index contributed by atoms with van der Waals surface area (Å²) < 4.78 is 2.12. The van der Waals surface area contributed by atoms with Gasteiger partial charge in [-0.2, -0.15) is 0 Å². The molecule has 2 aromatic rings. The molecular weight excluding hydrogens is 271 g/mol. The van der Waals surface area contributed by atoms with Crippen LogP contribution in [0.2, 0.25) is 0 Å². The fraction of sp³-hybridized carbons (Fsp3) is 0.417. The van der Waals surface area contributed by atoms with E-state index in [1.54, 1.807) is 0 Å². The van der Waals surface area contributed by atoms with Gasteiger partial charge < -0.3 is 15.0 Å². The highest BCUT2D eigenvalue weighted by molar-refractivity contribution is 5.85. The second-order valence-corrected chi connectivity index (χ2v) is 4.37. The molecule has 1 aliphatic rings. The lowest BCUT2D eigenvalue weighted by molar-refractivity contribution is 0.787. The summed E-state index contributed by atoms with van der Waals surface area (Å²) in [6, 6.07) is 4.65. The first kappa shape index (κ1) is 15.1. The third kappa shape index (κ3) is 2.88. The summed E-state index contributed by atoms with van der Waals surface area (Å²) >= 11 is 0. The highest BCUT2D eigenvalue weighted by Crippen LogP contribution is 2.18. The molecule has 0 aromatic carbocycles. The van der Waals surface area contributed by atoms with Gasteiger partial charge in [0.2, 0.25) is 0 Å². The molecule has 100 valence electrons. The van der Waals surface area contributed by atoms with Gasteiger partial charge in [0.25, 0.3) is 0 Å². The van der Waals surface area contributed by atoms with Gasteiger partial charge in [-0.15, -0.1) is 24.8 Å². The number of aryl methyl sites for hydroxylation is 1. The van der Waals surface area contributed by atoms with Crippen molar-refractivity contribution in [2.75, 3.05) is 18.4 Å². The van der Waals surface area contributed by atoms with E-state index in [1.165, 1.54) is 6.42 Å². The smallest absolute Gasteiger partial charge is 0.150 e. The molecular formula is C12H18Cl2N4. The molecule has 1 fully saturated rings. The van der Waals surface area contributed by atoms with Gasteiger partial charge in [-0.1, -0.05) is 0 Å². The minimum atomic E-state index is 0. The number of anilines is 1. The maximum Gasteiger partial charge on any atom is 0.150 e. The molecule has 0 amide bonds. The molecule has 0 bridgehead atoms. The number of halogens is 2. The van der Waals surface area contributed by atoms with Crippen molar-refractivity contribution in [1.82, 2.24) is 14.7 Å². The molecule has 2 N–H and O–H groups in total. The van der Waals surface area contributed by atoms with Crippen LogP contribution in [0.3, 0.4) is 0 Å². The zero-order valence-electron chi connectivity index (χ0n) is 10.2. The first-order valence-corrected chi connectivity index (χ1v) is 5.74. The van der Waals surface area contributed by atoms with Crippen molar-refractivity contribution < 1.29 is 0 Å². The normalized spacial score (nSPS) is 18.2. The summed E-state index contributed by atoms with van der Waals surface area (Å²) in [7, 11) is 0. The average molecular weight is 289 g/mol. The van der Waals surface area contributed by atoms with Crippen molar-refractivity contribution in [3.05, 3.63) is 30.2 Å². The van der Waals surface area contributed by atoms with Crippen LogP contribution in [0, 0.1) is 6.92 Å². The Hall–Kier alpha value is -0.970. The van der Waals surface area contributed by atoms with Crippen molar-refractivity contribution in [3.63, 3.8) is 0 Å². The van der Waals surface area contributed by atoms with Crippen molar-refractivity contribution in [2.45, 2.75) is 19.4 Å². The maximum atomic E-state index is 4.58. The third-order valence-electron chi connectivity index (χ3n) is 3.04. The lowest BCUT2D eigenvalue weighted by Crippen LogP contribution is -2.23. The predicted octanol–water partition coefficient (Wildman–Crippen LogP) is 2.26. The van der Waals surface area contributed by atoms with Crippen LogP contribution in [0.15, 0.2) is 24.5 Å². The summed E-state index contributed by atoms with van der Waals surface area (Å²) in [5.74, 6) is 0.999. The van der Waals surface area contributed by atoms with Crippen LogP contribution in [0.1, 0.15) is 12.1 Å². The van der Waals surface area contributed by atoms with Crippen LogP contribution >= 0.6 is 24.8 Å². The Morgan fingerprint density at radius 2 is 2.28 bits per heavy atom. The van der Waals surface area contributed by atoms with Crippen LogP contribution in [0.5, 0.6) is 0 Å². The third-order valence-corrected chi connectivity index (χ3v) is 3.04. The molecule has 1 aliphatic heterocycles. The molecule has 2 aromatic heterocycles. The maximum absolute atomic E-state index is 4.58. The SMILES string of the molecule is Cc1cn2cccc2c(NC2CCNC2)n1.Cl.Cl. The second-order valence-electron chi connectivity index (χ2n) is 4.37. The molecule has 3 heterocycles. The van der Waals surface area contributed by atoms with E-state index in [1.807, 2.05) is 13.1 Å². The van der Waals surface area contributed by atoms with Gasteiger partial charge in [0, 0.05) is 25.0 Å². The average Bonchev–Trinajstić information content (AvgIpc) is 2.87. The van der Waals surface area contributed by atoms with Crippen LogP contribution in [0.4, 0.5) is 5.82 Å². The molecule has 1 saturated heterocycles. The second kappa shape index (κ2) is 6.27. The van der Waals surface area contributed by atoms with Gasteiger partial charge in [-0.25, -0.2) is 4.98 Å². The molecule has 3 rings (SSSR count). The number of hydrogen-bond donors (Lipinski definition) is 2. The van der Waals surface area contributed by atoms with Gasteiger partial charge in [-0.3, -0.25) is 0 Å². The summed E-state index contributed by atoms with van der Waals surface area (Å²) in [5, 5.41) is 6.87. The number of aromatic nitrogens is 2. The molecule has 1 atom stereocenters. The lowest BCUT2D eigenvalue weighted by Gasteiger charge is -2.13. The number of rotatable bonds is 2. The van der Waals surface area contributed by atoms with E-state index in [0.29, 0.717) is 6.04 Å². The van der Waals surface area contributed by atoms with Crippen LogP contribution in [-0.2, 0) is 0 Å². The Kier molecular flexibility index (Phi) is 5.26. The van der Waals surface area contributed by atoms with Crippen molar-refractivity contribution in [1.29, 1.82) is 0 Å². The molecule has 18 heavy (non-hydrogen) atoms. The Balaban J connectivity index is 0.000000810. The Labute approximate surface area is 119 Å². The fourth-order valence-electron chi connectivity index (χ4n) is 2.25. The van der Waals surface area contributed by atoms with Crippen molar-refractivity contribution >= 4 is 36.1 Å². The van der Waals surface area contributed by atoms with Gasteiger partial charge in [0.05, 0.1) is 11.2 Å². The molecule has 0 radical (unpaired) electrons. The number of nitrogens with zero attached hydrogens (tertiary/aromatic N) is 2. The fourth-order valence-corrected chi connectivity index (χ4v) is 2.25. The zero-order chi connectivity index (χ0) is 11.0. The van der Waals surface area contributed by atoms with Gasteiger partial charge in [-0.05, 0) is 32.0 Å². The molecule has 0 aliphatic carbocycles.